The largest absolute Gasteiger partial charge is 0.480 e. The number of carbonyl (C=O) groups excluding carboxylic acids is 1. The average Bonchev–Trinajstić information content (AvgIpc) is 2.82. The fourth-order valence-electron chi connectivity index (χ4n) is 4.36. The highest BCUT2D eigenvalue weighted by Gasteiger charge is 2.41. The lowest BCUT2D eigenvalue weighted by molar-refractivity contribution is -0.144. The van der Waals surface area contributed by atoms with Crippen LogP contribution >= 0.6 is 0 Å². The number of nitrogens with zero attached hydrogens (tertiary/aromatic N) is 2. The van der Waals surface area contributed by atoms with E-state index >= 15 is 0 Å². The molecule has 1 aromatic rings. The number of hydrogen-bond donors (Lipinski definition) is 3. The van der Waals surface area contributed by atoms with E-state index in [9.17, 15) is 20.0 Å². The SMILES string of the molecule is N#CC1(C(=O)N[C@@H](CCCCCCCc2ccc3c(n2)NCCC3)C(=O)O)CCOCC1. The predicted octanol–water partition coefficient (Wildman–Crippen LogP) is 3.21. The van der Waals surface area contributed by atoms with E-state index < -0.39 is 23.3 Å². The Morgan fingerprint density at radius 3 is 2.72 bits per heavy atom. The number of aromatic nitrogens is 1. The Bertz CT molecular complexity index is 830. The van der Waals surface area contributed by atoms with Gasteiger partial charge in [-0.3, -0.25) is 4.79 Å². The maximum atomic E-state index is 12.6. The van der Waals surface area contributed by atoms with Crippen LogP contribution in [0.25, 0.3) is 0 Å². The van der Waals surface area contributed by atoms with Crippen LogP contribution in [0.4, 0.5) is 5.82 Å². The van der Waals surface area contributed by atoms with Crippen molar-refractivity contribution >= 4 is 17.7 Å². The average molecular weight is 443 g/mol. The highest BCUT2D eigenvalue weighted by atomic mass is 16.5. The van der Waals surface area contributed by atoms with E-state index in [0.717, 1.165) is 69.4 Å². The Morgan fingerprint density at radius 1 is 1.22 bits per heavy atom. The first-order valence-corrected chi connectivity index (χ1v) is 11.8. The van der Waals surface area contributed by atoms with Crippen molar-refractivity contribution in [3.8, 4) is 6.07 Å². The zero-order chi connectivity index (χ0) is 22.8. The van der Waals surface area contributed by atoms with Gasteiger partial charge in [0.15, 0.2) is 0 Å². The molecule has 3 heterocycles. The van der Waals surface area contributed by atoms with Gasteiger partial charge in [-0.2, -0.15) is 5.26 Å². The number of fused-ring (bicyclic) bond motifs is 1. The number of aliphatic carboxylic acids is 1. The van der Waals surface area contributed by atoms with Crippen molar-refractivity contribution in [2.24, 2.45) is 5.41 Å². The van der Waals surface area contributed by atoms with E-state index in [1.54, 1.807) is 0 Å². The van der Waals surface area contributed by atoms with Crippen LogP contribution < -0.4 is 10.6 Å². The Balaban J connectivity index is 1.34. The van der Waals surface area contributed by atoms with Crippen molar-refractivity contribution in [1.29, 1.82) is 5.26 Å². The van der Waals surface area contributed by atoms with E-state index in [1.165, 1.54) is 5.56 Å². The Kier molecular flexibility index (Phi) is 8.86. The number of carbonyl (C=O) groups is 2. The third-order valence-corrected chi connectivity index (χ3v) is 6.48. The summed E-state index contributed by atoms with van der Waals surface area (Å²) < 4.78 is 5.24. The summed E-state index contributed by atoms with van der Waals surface area (Å²) in [6, 6.07) is 5.44. The van der Waals surface area contributed by atoms with E-state index in [4.69, 9.17) is 9.72 Å². The van der Waals surface area contributed by atoms with Crippen molar-refractivity contribution in [1.82, 2.24) is 10.3 Å². The summed E-state index contributed by atoms with van der Waals surface area (Å²) in [7, 11) is 0. The molecule has 0 spiro atoms. The molecule has 8 heteroatoms. The number of aryl methyl sites for hydroxylation is 2. The number of rotatable bonds is 11. The van der Waals surface area contributed by atoms with Crippen LogP contribution in [0.1, 0.15) is 69.0 Å². The van der Waals surface area contributed by atoms with Gasteiger partial charge in [0.1, 0.15) is 17.3 Å². The van der Waals surface area contributed by atoms with Gasteiger partial charge in [0.25, 0.3) is 0 Å². The lowest BCUT2D eigenvalue weighted by atomic mass is 9.80. The molecule has 1 amide bonds. The van der Waals surface area contributed by atoms with Crippen LogP contribution in [0.5, 0.6) is 0 Å². The summed E-state index contributed by atoms with van der Waals surface area (Å²) in [5, 5.41) is 24.9. The zero-order valence-electron chi connectivity index (χ0n) is 18.7. The summed E-state index contributed by atoms with van der Waals surface area (Å²) >= 11 is 0. The number of ether oxygens (including phenoxy) is 1. The van der Waals surface area contributed by atoms with Crippen LogP contribution in [0, 0.1) is 16.7 Å². The highest BCUT2D eigenvalue weighted by Crippen LogP contribution is 2.30. The molecule has 2 aliphatic heterocycles. The van der Waals surface area contributed by atoms with Gasteiger partial charge in [0, 0.05) is 25.5 Å². The van der Waals surface area contributed by atoms with Crippen LogP contribution in [0.2, 0.25) is 0 Å². The number of hydrogen-bond acceptors (Lipinski definition) is 6. The van der Waals surface area contributed by atoms with Gasteiger partial charge in [0.2, 0.25) is 5.91 Å². The van der Waals surface area contributed by atoms with E-state index in [1.807, 2.05) is 0 Å². The molecule has 0 unspecified atom stereocenters. The summed E-state index contributed by atoms with van der Waals surface area (Å²) in [4.78, 5) is 28.9. The molecule has 174 valence electrons. The molecule has 0 saturated carbocycles. The standard InChI is InChI=1S/C24H34N4O4/c25-17-24(12-15-32-16-13-24)23(31)28-20(22(29)30)9-5-3-1-2-4-8-19-11-10-18-7-6-14-26-21(18)27-19/h10-11,20H,1-9,12-16H2,(H,26,27)(H,28,31)(H,29,30)/t20-/m0/s1. The smallest absolute Gasteiger partial charge is 0.326 e. The Hall–Kier alpha value is -2.66. The number of nitrogens with one attached hydrogen (secondary N) is 2. The molecule has 1 saturated heterocycles. The third-order valence-electron chi connectivity index (χ3n) is 6.48. The molecule has 1 aromatic heterocycles. The first-order chi connectivity index (χ1) is 15.5. The minimum Gasteiger partial charge on any atom is -0.480 e. The van der Waals surface area contributed by atoms with Crippen LogP contribution in [-0.4, -0.2) is 47.8 Å². The molecule has 0 aromatic carbocycles. The second-order valence-corrected chi connectivity index (χ2v) is 8.82. The summed E-state index contributed by atoms with van der Waals surface area (Å²) in [6.07, 6.45) is 8.95. The van der Waals surface area contributed by atoms with Gasteiger partial charge in [-0.15, -0.1) is 0 Å². The molecule has 3 N–H and O–H groups in total. The topological polar surface area (TPSA) is 124 Å². The number of carboxylic acids is 1. The first-order valence-electron chi connectivity index (χ1n) is 11.8. The number of unbranched alkanes of at least 4 members (excludes halogenated alkanes) is 4. The van der Waals surface area contributed by atoms with Gasteiger partial charge in [0.05, 0.1) is 6.07 Å². The number of amides is 1. The Labute approximate surface area is 189 Å². The number of carboxylic acid groups (broad SMARTS) is 1. The second kappa shape index (κ2) is 11.8. The van der Waals surface area contributed by atoms with Crippen molar-refractivity contribution in [3.63, 3.8) is 0 Å². The monoisotopic (exact) mass is 442 g/mol. The molecule has 0 radical (unpaired) electrons. The normalized spacial score (nSPS) is 18.0. The van der Waals surface area contributed by atoms with E-state index in [-0.39, 0.29) is 0 Å². The first kappa shape index (κ1) is 24.0. The minimum absolute atomic E-state index is 0.302. The number of anilines is 1. The molecule has 3 rings (SSSR count). The number of nitriles is 1. The van der Waals surface area contributed by atoms with Crippen molar-refractivity contribution < 1.29 is 19.4 Å². The van der Waals surface area contributed by atoms with Crippen molar-refractivity contribution in [2.75, 3.05) is 25.1 Å². The molecule has 0 aliphatic carbocycles. The predicted molar refractivity (Wildman–Crippen MR) is 120 cm³/mol. The fourth-order valence-corrected chi connectivity index (χ4v) is 4.36. The second-order valence-electron chi connectivity index (χ2n) is 8.82. The summed E-state index contributed by atoms with van der Waals surface area (Å²) in [5.74, 6) is -0.497. The molecule has 2 aliphatic rings. The van der Waals surface area contributed by atoms with Gasteiger partial charge in [-0.05, 0) is 56.6 Å². The van der Waals surface area contributed by atoms with Crippen LogP contribution in [0.15, 0.2) is 12.1 Å². The van der Waals surface area contributed by atoms with Crippen LogP contribution in [-0.2, 0) is 27.2 Å². The molecular weight excluding hydrogens is 408 g/mol. The molecule has 0 bridgehead atoms. The maximum absolute atomic E-state index is 12.6. The van der Waals surface area contributed by atoms with Gasteiger partial charge >= 0.3 is 5.97 Å². The van der Waals surface area contributed by atoms with Gasteiger partial charge < -0.3 is 20.5 Å². The lowest BCUT2D eigenvalue weighted by Gasteiger charge is -2.30. The Morgan fingerprint density at radius 2 is 1.97 bits per heavy atom. The van der Waals surface area contributed by atoms with Gasteiger partial charge in [-0.1, -0.05) is 31.7 Å². The molecular formula is C24H34N4O4. The van der Waals surface area contributed by atoms with Crippen molar-refractivity contribution in [3.05, 3.63) is 23.4 Å². The van der Waals surface area contributed by atoms with Gasteiger partial charge in [-0.25, -0.2) is 9.78 Å². The molecule has 1 atom stereocenters. The highest BCUT2D eigenvalue weighted by molar-refractivity contribution is 5.89. The molecule has 1 fully saturated rings. The fraction of sp³-hybridized carbons (Fsp3) is 0.667. The molecule has 8 nitrogen and oxygen atoms in total. The third kappa shape index (κ3) is 6.42. The number of pyridine rings is 1. The maximum Gasteiger partial charge on any atom is 0.326 e. The summed E-state index contributed by atoms with van der Waals surface area (Å²) in [5.41, 5.74) is 1.25. The lowest BCUT2D eigenvalue weighted by Crippen LogP contribution is -2.50. The zero-order valence-corrected chi connectivity index (χ0v) is 18.7. The van der Waals surface area contributed by atoms with Crippen molar-refractivity contribution in [2.45, 2.75) is 76.7 Å². The minimum atomic E-state index is -1.17. The van der Waals surface area contributed by atoms with E-state index in [2.05, 4.69) is 28.8 Å². The van der Waals surface area contributed by atoms with E-state index in [0.29, 0.717) is 32.5 Å². The molecule has 32 heavy (non-hydrogen) atoms. The van der Waals surface area contributed by atoms with Crippen LogP contribution in [0.3, 0.4) is 0 Å². The quantitative estimate of drug-likeness (QED) is 0.449. The summed E-state index contributed by atoms with van der Waals surface area (Å²) in [6.45, 7) is 1.68.